The number of aromatic nitrogens is 1. The summed E-state index contributed by atoms with van der Waals surface area (Å²) in [5.74, 6) is 0. The zero-order chi connectivity index (χ0) is 13.2. The quantitative estimate of drug-likeness (QED) is 0.659. The van der Waals surface area contributed by atoms with Gasteiger partial charge in [0, 0.05) is 30.7 Å². The first kappa shape index (κ1) is 14.9. The van der Waals surface area contributed by atoms with Crippen LogP contribution in [0.3, 0.4) is 0 Å². The van der Waals surface area contributed by atoms with Crippen molar-refractivity contribution < 1.29 is 4.74 Å². The molecular formula is C14H25N3O. The van der Waals surface area contributed by atoms with Gasteiger partial charge in [0.25, 0.3) is 0 Å². The number of ether oxygens (including phenoxy) is 1. The maximum Gasteiger partial charge on any atom is 0.0622 e. The van der Waals surface area contributed by atoms with Crippen LogP contribution in [0, 0.1) is 0 Å². The third kappa shape index (κ3) is 5.47. The summed E-state index contributed by atoms with van der Waals surface area (Å²) in [5.41, 5.74) is 7.84. The molecule has 0 spiro atoms. The minimum atomic E-state index is 0.308. The Morgan fingerprint density at radius 1 is 1.39 bits per heavy atom. The van der Waals surface area contributed by atoms with Gasteiger partial charge >= 0.3 is 0 Å². The minimum Gasteiger partial charge on any atom is -0.398 e. The Morgan fingerprint density at radius 3 is 2.89 bits per heavy atom. The standard InChI is InChI=1S/C14H25N3O/c1-3-6-17-13(11-18-8-4-2)9-12-10-16-7-5-14(12)15/h5,7,10,13,17H,3-4,6,8-9,11H2,1-2H3,(H2,15,16). The predicted octanol–water partition coefficient (Wildman–Crippen LogP) is 2.00. The fraction of sp³-hybridized carbons (Fsp3) is 0.643. The zero-order valence-electron chi connectivity index (χ0n) is 11.5. The van der Waals surface area contributed by atoms with Gasteiger partial charge in [0.2, 0.25) is 0 Å². The number of anilines is 1. The fourth-order valence-electron chi connectivity index (χ4n) is 1.78. The van der Waals surface area contributed by atoms with Crippen molar-refractivity contribution in [2.24, 2.45) is 0 Å². The number of nitrogens with one attached hydrogen (secondary N) is 1. The summed E-state index contributed by atoms with van der Waals surface area (Å²) in [4.78, 5) is 4.13. The third-order valence-electron chi connectivity index (χ3n) is 2.76. The first-order chi connectivity index (χ1) is 8.77. The lowest BCUT2D eigenvalue weighted by atomic mass is 10.1. The summed E-state index contributed by atoms with van der Waals surface area (Å²) in [6, 6.07) is 2.15. The number of pyridine rings is 1. The number of hydrogen-bond donors (Lipinski definition) is 2. The van der Waals surface area contributed by atoms with Crippen LogP contribution in [0.4, 0.5) is 5.69 Å². The lowest BCUT2D eigenvalue weighted by Gasteiger charge is -2.19. The van der Waals surface area contributed by atoms with Crippen LogP contribution < -0.4 is 11.1 Å². The van der Waals surface area contributed by atoms with Gasteiger partial charge in [-0.3, -0.25) is 4.98 Å². The van der Waals surface area contributed by atoms with Crippen molar-refractivity contribution >= 4 is 5.69 Å². The molecule has 0 amide bonds. The SMILES string of the molecule is CCCNC(COCCC)Cc1cnccc1N. The van der Waals surface area contributed by atoms with Crippen LogP contribution in [0.2, 0.25) is 0 Å². The highest BCUT2D eigenvalue weighted by atomic mass is 16.5. The summed E-state index contributed by atoms with van der Waals surface area (Å²) in [6.45, 7) is 6.82. The molecule has 0 radical (unpaired) electrons. The molecule has 1 unspecified atom stereocenters. The molecule has 0 aromatic carbocycles. The van der Waals surface area contributed by atoms with Crippen LogP contribution in [0.15, 0.2) is 18.5 Å². The molecule has 4 nitrogen and oxygen atoms in total. The average molecular weight is 251 g/mol. The van der Waals surface area contributed by atoms with Crippen LogP contribution >= 0.6 is 0 Å². The first-order valence-corrected chi connectivity index (χ1v) is 6.77. The normalized spacial score (nSPS) is 12.6. The Morgan fingerprint density at radius 2 is 2.22 bits per heavy atom. The summed E-state index contributed by atoms with van der Waals surface area (Å²) >= 11 is 0. The van der Waals surface area contributed by atoms with E-state index in [0.29, 0.717) is 6.04 Å². The highest BCUT2D eigenvalue weighted by molar-refractivity contribution is 5.44. The van der Waals surface area contributed by atoms with Crippen molar-refractivity contribution in [1.29, 1.82) is 0 Å². The van der Waals surface area contributed by atoms with Gasteiger partial charge in [0.05, 0.1) is 6.61 Å². The molecule has 1 atom stereocenters. The predicted molar refractivity (Wildman–Crippen MR) is 75.5 cm³/mol. The highest BCUT2D eigenvalue weighted by Crippen LogP contribution is 2.11. The van der Waals surface area contributed by atoms with Gasteiger partial charge < -0.3 is 15.8 Å². The van der Waals surface area contributed by atoms with Crippen LogP contribution in [-0.2, 0) is 11.2 Å². The fourth-order valence-corrected chi connectivity index (χ4v) is 1.78. The van der Waals surface area contributed by atoms with E-state index in [2.05, 4.69) is 24.1 Å². The molecule has 102 valence electrons. The average Bonchev–Trinajstić information content (AvgIpc) is 2.38. The van der Waals surface area contributed by atoms with E-state index >= 15 is 0 Å². The highest BCUT2D eigenvalue weighted by Gasteiger charge is 2.11. The summed E-state index contributed by atoms with van der Waals surface area (Å²) in [7, 11) is 0. The first-order valence-electron chi connectivity index (χ1n) is 6.77. The molecule has 0 aliphatic heterocycles. The molecule has 0 saturated carbocycles. The topological polar surface area (TPSA) is 60.2 Å². The van der Waals surface area contributed by atoms with Crippen LogP contribution in [0.1, 0.15) is 32.3 Å². The lowest BCUT2D eigenvalue weighted by molar-refractivity contribution is 0.112. The number of nitrogen functional groups attached to an aromatic ring is 1. The van der Waals surface area contributed by atoms with E-state index < -0.39 is 0 Å². The maximum atomic E-state index is 5.94. The van der Waals surface area contributed by atoms with Crippen LogP contribution in [0.5, 0.6) is 0 Å². The van der Waals surface area contributed by atoms with Crippen LogP contribution in [-0.4, -0.2) is 30.8 Å². The summed E-state index contributed by atoms with van der Waals surface area (Å²) in [6.07, 6.45) is 6.60. The molecule has 0 bridgehead atoms. The van der Waals surface area contributed by atoms with Crippen molar-refractivity contribution in [3.05, 3.63) is 24.0 Å². The second-order valence-electron chi connectivity index (χ2n) is 4.50. The van der Waals surface area contributed by atoms with Gasteiger partial charge in [-0.15, -0.1) is 0 Å². The number of rotatable bonds is 9. The smallest absolute Gasteiger partial charge is 0.0622 e. The van der Waals surface area contributed by atoms with Gasteiger partial charge in [-0.05, 0) is 37.4 Å². The Kier molecular flexibility index (Phi) is 7.37. The summed E-state index contributed by atoms with van der Waals surface area (Å²) < 4.78 is 5.63. The Balaban J connectivity index is 2.51. The molecule has 1 aromatic rings. The number of hydrogen-bond acceptors (Lipinski definition) is 4. The minimum absolute atomic E-state index is 0.308. The molecule has 1 rings (SSSR count). The number of nitrogens with zero attached hydrogens (tertiary/aromatic N) is 1. The van der Waals surface area contributed by atoms with E-state index in [0.717, 1.165) is 50.3 Å². The monoisotopic (exact) mass is 251 g/mol. The van der Waals surface area contributed by atoms with Crippen molar-refractivity contribution in [2.45, 2.75) is 39.2 Å². The van der Waals surface area contributed by atoms with Gasteiger partial charge in [-0.2, -0.15) is 0 Å². The van der Waals surface area contributed by atoms with E-state index in [1.54, 1.807) is 6.20 Å². The Labute approximate surface area is 110 Å². The second-order valence-corrected chi connectivity index (χ2v) is 4.50. The second kappa shape index (κ2) is 8.89. The van der Waals surface area contributed by atoms with E-state index in [1.807, 2.05) is 12.3 Å². The van der Waals surface area contributed by atoms with E-state index in [4.69, 9.17) is 10.5 Å². The lowest BCUT2D eigenvalue weighted by Crippen LogP contribution is -2.36. The molecule has 18 heavy (non-hydrogen) atoms. The zero-order valence-corrected chi connectivity index (χ0v) is 11.5. The van der Waals surface area contributed by atoms with E-state index in [1.165, 1.54) is 0 Å². The van der Waals surface area contributed by atoms with Crippen molar-refractivity contribution in [2.75, 3.05) is 25.5 Å². The molecule has 0 fully saturated rings. The molecule has 0 aliphatic rings. The molecular weight excluding hydrogens is 226 g/mol. The molecule has 3 N–H and O–H groups in total. The summed E-state index contributed by atoms with van der Waals surface area (Å²) in [5, 5.41) is 3.50. The molecule has 1 heterocycles. The number of nitrogens with two attached hydrogens (primary N) is 1. The van der Waals surface area contributed by atoms with Crippen LogP contribution in [0.25, 0.3) is 0 Å². The Hall–Kier alpha value is -1.13. The van der Waals surface area contributed by atoms with Crippen molar-refractivity contribution in [3.63, 3.8) is 0 Å². The molecule has 0 aliphatic carbocycles. The van der Waals surface area contributed by atoms with Gasteiger partial charge in [-0.25, -0.2) is 0 Å². The van der Waals surface area contributed by atoms with Crippen molar-refractivity contribution in [1.82, 2.24) is 10.3 Å². The van der Waals surface area contributed by atoms with Gasteiger partial charge in [0.1, 0.15) is 0 Å². The molecule has 0 saturated heterocycles. The van der Waals surface area contributed by atoms with Gasteiger partial charge in [0.15, 0.2) is 0 Å². The largest absolute Gasteiger partial charge is 0.398 e. The van der Waals surface area contributed by atoms with Crippen molar-refractivity contribution in [3.8, 4) is 0 Å². The molecule has 4 heteroatoms. The molecule has 1 aromatic heterocycles. The Bertz CT molecular complexity index is 331. The maximum absolute atomic E-state index is 5.94. The third-order valence-corrected chi connectivity index (χ3v) is 2.76. The van der Waals surface area contributed by atoms with E-state index in [-0.39, 0.29) is 0 Å². The van der Waals surface area contributed by atoms with E-state index in [9.17, 15) is 0 Å². The van der Waals surface area contributed by atoms with Gasteiger partial charge in [-0.1, -0.05) is 13.8 Å².